The lowest BCUT2D eigenvalue weighted by molar-refractivity contribution is -0.0440. The van der Waals surface area contributed by atoms with Gasteiger partial charge in [-0.05, 0) is 27.2 Å². The zero-order chi connectivity index (χ0) is 18.2. The van der Waals surface area contributed by atoms with Crippen LogP contribution in [0.25, 0.3) is 0 Å². The van der Waals surface area contributed by atoms with E-state index in [4.69, 9.17) is 4.74 Å². The maximum Gasteiger partial charge on any atom is 0.216 e. The second-order valence-electron chi connectivity index (χ2n) is 6.40. The third kappa shape index (κ3) is 8.87. The molecule has 1 aliphatic heterocycles. The SMILES string of the molecule is CCCCN(C)C(=NCCS(=O)(=O)N1CC(C)OC(C)C1)NCC.I. The summed E-state index contributed by atoms with van der Waals surface area (Å²) in [5.74, 6) is 0.799. The van der Waals surface area contributed by atoms with Crippen molar-refractivity contribution in [2.24, 2.45) is 4.99 Å². The Balaban J connectivity index is 0.00000576. The van der Waals surface area contributed by atoms with E-state index in [1.807, 2.05) is 27.8 Å². The standard InChI is InChI=1S/C16H34N4O3S.HI/c1-6-8-10-19(5)16(17-7-2)18-9-11-24(21,22)20-12-14(3)23-15(4)13-20;/h14-15H,6-13H2,1-5H3,(H,17,18);1H. The Kier molecular flexibility index (Phi) is 12.2. The van der Waals surface area contributed by atoms with Crippen molar-refractivity contribution in [3.8, 4) is 0 Å². The zero-order valence-corrected chi connectivity index (χ0v) is 19.3. The molecular formula is C16H35IN4O3S. The smallest absolute Gasteiger partial charge is 0.216 e. The number of unbranched alkanes of at least 4 members (excludes halogenated alkanes) is 1. The van der Waals surface area contributed by atoms with Crippen LogP contribution in [0.4, 0.5) is 0 Å². The maximum atomic E-state index is 12.5. The lowest BCUT2D eigenvalue weighted by Gasteiger charge is -2.34. The van der Waals surface area contributed by atoms with Gasteiger partial charge in [-0.1, -0.05) is 13.3 Å². The Hall–Kier alpha value is -0.130. The third-order valence-electron chi connectivity index (χ3n) is 3.93. The first-order chi connectivity index (χ1) is 11.3. The lowest BCUT2D eigenvalue weighted by Crippen LogP contribution is -2.49. The third-order valence-corrected chi connectivity index (χ3v) is 5.72. The van der Waals surface area contributed by atoms with E-state index in [0.29, 0.717) is 13.1 Å². The quantitative estimate of drug-likeness (QED) is 0.319. The summed E-state index contributed by atoms with van der Waals surface area (Å²) in [6.45, 7) is 10.8. The van der Waals surface area contributed by atoms with Crippen LogP contribution in [-0.4, -0.2) is 81.3 Å². The number of hydrogen-bond donors (Lipinski definition) is 1. The van der Waals surface area contributed by atoms with Gasteiger partial charge in [0.1, 0.15) is 0 Å². The van der Waals surface area contributed by atoms with Gasteiger partial charge in [-0.3, -0.25) is 4.99 Å². The normalized spacial score (nSPS) is 22.4. The van der Waals surface area contributed by atoms with Gasteiger partial charge in [0, 0.05) is 33.2 Å². The molecule has 150 valence electrons. The molecule has 1 saturated heterocycles. The number of rotatable bonds is 8. The summed E-state index contributed by atoms with van der Waals surface area (Å²) in [5.41, 5.74) is 0. The van der Waals surface area contributed by atoms with E-state index in [1.165, 1.54) is 4.31 Å². The number of nitrogens with zero attached hydrogens (tertiary/aromatic N) is 3. The lowest BCUT2D eigenvalue weighted by atomic mass is 10.3. The molecule has 0 radical (unpaired) electrons. The molecule has 1 N–H and O–H groups in total. The van der Waals surface area contributed by atoms with Gasteiger partial charge in [0.2, 0.25) is 10.0 Å². The van der Waals surface area contributed by atoms with E-state index in [0.717, 1.165) is 31.9 Å². The molecule has 0 spiro atoms. The van der Waals surface area contributed by atoms with Crippen molar-refractivity contribution in [2.45, 2.75) is 52.7 Å². The van der Waals surface area contributed by atoms with E-state index < -0.39 is 10.0 Å². The highest BCUT2D eigenvalue weighted by Gasteiger charge is 2.30. The average Bonchev–Trinajstić information content (AvgIpc) is 2.50. The fourth-order valence-electron chi connectivity index (χ4n) is 2.72. The Morgan fingerprint density at radius 1 is 1.28 bits per heavy atom. The van der Waals surface area contributed by atoms with Crippen LogP contribution in [0, 0.1) is 0 Å². The molecule has 0 bridgehead atoms. The molecule has 0 amide bonds. The highest BCUT2D eigenvalue weighted by Crippen LogP contribution is 2.14. The summed E-state index contributed by atoms with van der Waals surface area (Å²) in [6, 6.07) is 0. The van der Waals surface area contributed by atoms with Gasteiger partial charge in [0.05, 0.1) is 24.5 Å². The minimum absolute atomic E-state index is 0. The van der Waals surface area contributed by atoms with E-state index in [1.54, 1.807) is 0 Å². The minimum atomic E-state index is -3.30. The van der Waals surface area contributed by atoms with Crippen LogP contribution in [0.15, 0.2) is 4.99 Å². The summed E-state index contributed by atoms with van der Waals surface area (Å²) in [6.07, 6.45) is 2.07. The highest BCUT2D eigenvalue weighted by atomic mass is 127. The molecule has 9 heteroatoms. The second kappa shape index (κ2) is 12.3. The topological polar surface area (TPSA) is 74.2 Å². The van der Waals surface area contributed by atoms with Crippen molar-refractivity contribution in [3.05, 3.63) is 0 Å². The number of aliphatic imine (C=N–C) groups is 1. The van der Waals surface area contributed by atoms with Crippen LogP contribution in [0.2, 0.25) is 0 Å². The molecule has 1 fully saturated rings. The summed E-state index contributed by atoms with van der Waals surface area (Å²) < 4.78 is 32.2. The number of morpholine rings is 1. The first-order valence-electron chi connectivity index (χ1n) is 8.92. The number of nitrogens with one attached hydrogen (secondary N) is 1. The van der Waals surface area contributed by atoms with Crippen molar-refractivity contribution in [1.29, 1.82) is 0 Å². The predicted octanol–water partition coefficient (Wildman–Crippen LogP) is 1.74. The predicted molar refractivity (Wildman–Crippen MR) is 114 cm³/mol. The van der Waals surface area contributed by atoms with Crippen molar-refractivity contribution in [3.63, 3.8) is 0 Å². The Morgan fingerprint density at radius 3 is 2.40 bits per heavy atom. The first-order valence-corrected chi connectivity index (χ1v) is 10.5. The van der Waals surface area contributed by atoms with Crippen LogP contribution < -0.4 is 5.32 Å². The Morgan fingerprint density at radius 2 is 1.88 bits per heavy atom. The number of halogens is 1. The molecule has 1 aliphatic rings. The number of guanidine groups is 1. The summed E-state index contributed by atoms with van der Waals surface area (Å²) >= 11 is 0. The largest absolute Gasteiger partial charge is 0.373 e. The van der Waals surface area contributed by atoms with Crippen LogP contribution in [0.1, 0.15) is 40.5 Å². The van der Waals surface area contributed by atoms with E-state index in [2.05, 4.69) is 22.1 Å². The Labute approximate surface area is 170 Å². The molecule has 1 heterocycles. The van der Waals surface area contributed by atoms with Crippen LogP contribution in [0.5, 0.6) is 0 Å². The molecule has 2 unspecified atom stereocenters. The second-order valence-corrected chi connectivity index (χ2v) is 8.49. The summed E-state index contributed by atoms with van der Waals surface area (Å²) in [4.78, 5) is 6.53. The molecule has 2 atom stereocenters. The minimum Gasteiger partial charge on any atom is -0.373 e. The van der Waals surface area contributed by atoms with Gasteiger partial charge in [-0.25, -0.2) is 8.42 Å². The maximum absolute atomic E-state index is 12.5. The zero-order valence-electron chi connectivity index (χ0n) is 16.2. The van der Waals surface area contributed by atoms with Gasteiger partial charge in [0.15, 0.2) is 5.96 Å². The molecule has 0 aromatic carbocycles. The monoisotopic (exact) mass is 490 g/mol. The van der Waals surface area contributed by atoms with Crippen LogP contribution in [-0.2, 0) is 14.8 Å². The van der Waals surface area contributed by atoms with Gasteiger partial charge in [0.25, 0.3) is 0 Å². The summed E-state index contributed by atoms with van der Waals surface area (Å²) in [5, 5.41) is 3.22. The van der Waals surface area contributed by atoms with Crippen molar-refractivity contribution in [1.82, 2.24) is 14.5 Å². The highest BCUT2D eigenvalue weighted by molar-refractivity contribution is 14.0. The van der Waals surface area contributed by atoms with Gasteiger partial charge in [-0.2, -0.15) is 4.31 Å². The van der Waals surface area contributed by atoms with Crippen molar-refractivity contribution >= 4 is 40.0 Å². The number of hydrogen-bond acceptors (Lipinski definition) is 4. The molecule has 0 aromatic heterocycles. The van der Waals surface area contributed by atoms with Crippen LogP contribution >= 0.6 is 24.0 Å². The van der Waals surface area contributed by atoms with Gasteiger partial charge >= 0.3 is 0 Å². The molecule has 0 aliphatic carbocycles. The van der Waals surface area contributed by atoms with Crippen molar-refractivity contribution in [2.75, 3.05) is 45.5 Å². The van der Waals surface area contributed by atoms with E-state index >= 15 is 0 Å². The van der Waals surface area contributed by atoms with Gasteiger partial charge in [-0.15, -0.1) is 24.0 Å². The molecule has 0 aromatic rings. The molecule has 1 rings (SSSR count). The molecule has 25 heavy (non-hydrogen) atoms. The average molecular weight is 490 g/mol. The van der Waals surface area contributed by atoms with Gasteiger partial charge < -0.3 is 15.0 Å². The molecule has 0 saturated carbocycles. The number of ether oxygens (including phenoxy) is 1. The fourth-order valence-corrected chi connectivity index (χ4v) is 4.18. The molecule has 7 nitrogen and oxygen atoms in total. The van der Waals surface area contributed by atoms with Crippen LogP contribution in [0.3, 0.4) is 0 Å². The van der Waals surface area contributed by atoms with Crippen molar-refractivity contribution < 1.29 is 13.2 Å². The van der Waals surface area contributed by atoms with E-state index in [-0.39, 0.29) is 48.5 Å². The molecular weight excluding hydrogens is 455 g/mol. The Bertz CT molecular complexity index is 492. The number of sulfonamides is 1. The summed E-state index contributed by atoms with van der Waals surface area (Å²) in [7, 11) is -1.32. The fraction of sp³-hybridized carbons (Fsp3) is 0.938. The first kappa shape index (κ1) is 24.9. The van der Waals surface area contributed by atoms with E-state index in [9.17, 15) is 8.42 Å².